The molecule has 0 fully saturated rings. The van der Waals surface area contributed by atoms with Gasteiger partial charge in [0.05, 0.1) is 11.4 Å². The normalized spacial score (nSPS) is 11.4. The Bertz CT molecular complexity index is 1660. The summed E-state index contributed by atoms with van der Waals surface area (Å²) in [5, 5.41) is 33.8. The van der Waals surface area contributed by atoms with E-state index in [-0.39, 0.29) is 17.3 Å². The number of rotatable bonds is 4. The van der Waals surface area contributed by atoms with Gasteiger partial charge in [0.25, 0.3) is 0 Å². The number of aromatic amines is 3. The number of azo groups is 1. The van der Waals surface area contributed by atoms with Gasteiger partial charge in [0.2, 0.25) is 11.6 Å². The molecule has 14 heteroatoms. The predicted octanol–water partition coefficient (Wildman–Crippen LogP) is 1.59. The topological polar surface area (TPSA) is 191 Å². The summed E-state index contributed by atoms with van der Waals surface area (Å²) in [4.78, 5) is 31.3. The Morgan fingerprint density at radius 2 is 1.85 bits per heavy atom. The van der Waals surface area contributed by atoms with Crippen LogP contribution >= 0.6 is 0 Å². The van der Waals surface area contributed by atoms with E-state index in [1.807, 2.05) is 41.4 Å². The lowest BCUT2D eigenvalue weighted by Gasteiger charge is -2.00. The first-order valence-electron chi connectivity index (χ1n) is 9.58. The summed E-state index contributed by atoms with van der Waals surface area (Å²) in [5.41, 5.74) is 1.12. The number of hydrogen-bond donors (Lipinski definition) is 3. The molecule has 0 bridgehead atoms. The Morgan fingerprint density at radius 1 is 1.06 bits per heavy atom. The van der Waals surface area contributed by atoms with Gasteiger partial charge in [-0.15, -0.1) is 20.4 Å². The summed E-state index contributed by atoms with van der Waals surface area (Å²) in [7, 11) is 0. The summed E-state index contributed by atoms with van der Waals surface area (Å²) in [5.74, 6) is 0.386. The second kappa shape index (κ2) is 7.50. The molecule has 14 nitrogen and oxygen atoms in total. The molecular formula is C19H14N12O2. The van der Waals surface area contributed by atoms with Gasteiger partial charge in [-0.3, -0.25) is 15.1 Å². The average Bonchev–Trinajstić information content (AvgIpc) is 3.43. The van der Waals surface area contributed by atoms with Gasteiger partial charge in [-0.05, 0) is 13.8 Å². The van der Waals surface area contributed by atoms with Gasteiger partial charge in [0.15, 0.2) is 17.3 Å². The largest absolute Gasteiger partial charge is 0.352 e. The fourth-order valence-electron chi connectivity index (χ4n) is 3.29. The van der Waals surface area contributed by atoms with Crippen molar-refractivity contribution in [3.63, 3.8) is 0 Å². The molecular weight excluding hydrogens is 428 g/mol. The van der Waals surface area contributed by atoms with Gasteiger partial charge in [-0.1, -0.05) is 30.3 Å². The molecule has 4 heterocycles. The first-order chi connectivity index (χ1) is 16.0. The number of nitrogens with zero attached hydrogens (tertiary/aromatic N) is 9. The van der Waals surface area contributed by atoms with Crippen LogP contribution in [0, 0.1) is 25.2 Å². The minimum atomic E-state index is -0.872. The van der Waals surface area contributed by atoms with Gasteiger partial charge in [0.1, 0.15) is 11.6 Å². The van der Waals surface area contributed by atoms with Crippen LogP contribution in [0.4, 0.5) is 11.5 Å². The van der Waals surface area contributed by atoms with E-state index >= 15 is 0 Å². The second-order valence-electron chi connectivity index (χ2n) is 6.96. The van der Waals surface area contributed by atoms with E-state index in [2.05, 4.69) is 40.6 Å². The van der Waals surface area contributed by atoms with Crippen LogP contribution in [0.3, 0.4) is 0 Å². The molecule has 5 aromatic rings. The van der Waals surface area contributed by atoms with Crippen LogP contribution in [-0.2, 0) is 0 Å². The van der Waals surface area contributed by atoms with E-state index in [0.29, 0.717) is 28.5 Å². The molecule has 4 aromatic heterocycles. The molecule has 0 aliphatic rings. The molecule has 0 aliphatic carbocycles. The zero-order valence-corrected chi connectivity index (χ0v) is 17.2. The summed E-state index contributed by atoms with van der Waals surface area (Å²) in [6, 6.07) is 11.5. The highest BCUT2D eigenvalue weighted by molar-refractivity contribution is 5.70. The monoisotopic (exact) mass is 442 g/mol. The van der Waals surface area contributed by atoms with Crippen molar-refractivity contribution in [1.82, 2.24) is 44.5 Å². The highest BCUT2D eigenvalue weighted by atomic mass is 16.2. The Labute approximate surface area is 183 Å². The van der Waals surface area contributed by atoms with E-state index in [9.17, 15) is 14.9 Å². The molecule has 33 heavy (non-hydrogen) atoms. The van der Waals surface area contributed by atoms with Gasteiger partial charge >= 0.3 is 11.4 Å². The maximum Gasteiger partial charge on any atom is 0.352 e. The predicted molar refractivity (Wildman–Crippen MR) is 114 cm³/mol. The quantitative estimate of drug-likeness (QED) is 0.352. The van der Waals surface area contributed by atoms with Crippen LogP contribution in [0.1, 0.15) is 17.0 Å². The number of fused-ring (bicyclic) bond motifs is 1. The highest BCUT2D eigenvalue weighted by Gasteiger charge is 2.20. The minimum absolute atomic E-state index is 0.00898. The van der Waals surface area contributed by atoms with Gasteiger partial charge in [0, 0.05) is 5.56 Å². The zero-order chi connectivity index (χ0) is 23.1. The van der Waals surface area contributed by atoms with Gasteiger partial charge in [-0.25, -0.2) is 14.1 Å². The highest BCUT2D eigenvalue weighted by Crippen LogP contribution is 2.31. The van der Waals surface area contributed by atoms with Crippen molar-refractivity contribution in [1.29, 1.82) is 5.26 Å². The molecule has 5 rings (SSSR count). The maximum absolute atomic E-state index is 11.7. The number of aryl methyl sites for hydroxylation is 2. The lowest BCUT2D eigenvalue weighted by molar-refractivity contribution is 0.758. The Kier molecular flexibility index (Phi) is 4.49. The van der Waals surface area contributed by atoms with E-state index in [0.717, 1.165) is 10.2 Å². The molecule has 0 amide bonds. The number of nitrogens with one attached hydrogen (secondary N) is 3. The van der Waals surface area contributed by atoms with Crippen LogP contribution in [0.15, 0.2) is 50.1 Å². The van der Waals surface area contributed by atoms with Crippen LogP contribution in [-0.4, -0.2) is 44.5 Å². The molecule has 0 unspecified atom stereocenters. The average molecular weight is 442 g/mol. The Balaban J connectivity index is 1.64. The summed E-state index contributed by atoms with van der Waals surface area (Å²) >= 11 is 0. The summed E-state index contributed by atoms with van der Waals surface area (Å²) < 4.78 is 2.76. The zero-order valence-electron chi connectivity index (χ0n) is 17.2. The molecule has 162 valence electrons. The third-order valence-electron chi connectivity index (χ3n) is 4.79. The minimum Gasteiger partial charge on any atom is -0.293 e. The molecule has 0 saturated carbocycles. The van der Waals surface area contributed by atoms with Gasteiger partial charge < -0.3 is 0 Å². The fourth-order valence-corrected chi connectivity index (χ4v) is 3.29. The van der Waals surface area contributed by atoms with E-state index in [4.69, 9.17) is 0 Å². The summed E-state index contributed by atoms with van der Waals surface area (Å²) in [6.45, 7) is 3.38. The number of nitriles is 1. The molecule has 1 aromatic carbocycles. The van der Waals surface area contributed by atoms with Crippen LogP contribution in [0.25, 0.3) is 23.0 Å². The van der Waals surface area contributed by atoms with Crippen molar-refractivity contribution in [3.05, 3.63) is 68.3 Å². The molecule has 0 aliphatic heterocycles. The molecule has 0 radical (unpaired) electrons. The Hall–Kier alpha value is -5.19. The van der Waals surface area contributed by atoms with E-state index in [1.54, 1.807) is 18.4 Å². The van der Waals surface area contributed by atoms with Crippen molar-refractivity contribution >= 4 is 17.2 Å². The van der Waals surface area contributed by atoms with Crippen LogP contribution < -0.4 is 11.4 Å². The Morgan fingerprint density at radius 3 is 2.58 bits per heavy atom. The van der Waals surface area contributed by atoms with Crippen LogP contribution in [0.2, 0.25) is 0 Å². The second-order valence-corrected chi connectivity index (χ2v) is 6.96. The fraction of sp³-hybridized carbons (Fsp3) is 0.105. The lowest BCUT2D eigenvalue weighted by atomic mass is 10.2. The van der Waals surface area contributed by atoms with Crippen molar-refractivity contribution in [2.24, 2.45) is 10.2 Å². The van der Waals surface area contributed by atoms with Crippen molar-refractivity contribution in [2.45, 2.75) is 13.8 Å². The van der Waals surface area contributed by atoms with Gasteiger partial charge in [-0.2, -0.15) is 20.0 Å². The SMILES string of the molecule is Cc1nn(-c2nc(=O)[nH]c(=O)[nH]2)c(N=Nc2c(C)[nH]n3c(-c4ccccc4)nnc23)c1C#N. The van der Waals surface area contributed by atoms with Crippen LogP contribution in [0.5, 0.6) is 0 Å². The van der Waals surface area contributed by atoms with Crippen molar-refractivity contribution in [2.75, 3.05) is 0 Å². The number of H-pyrrole nitrogens is 3. The number of aromatic nitrogens is 9. The smallest absolute Gasteiger partial charge is 0.293 e. The first-order valence-corrected chi connectivity index (χ1v) is 9.58. The lowest BCUT2D eigenvalue weighted by Crippen LogP contribution is -2.27. The third kappa shape index (κ3) is 3.29. The van der Waals surface area contributed by atoms with Crippen molar-refractivity contribution in [3.8, 4) is 23.4 Å². The number of hydrogen-bond acceptors (Lipinski definition) is 9. The standard InChI is InChI=1S/C19H14N12O2/c1-9-12(8-20)15(31(28-9)17-21-18(32)23-19(33)22-17)26-24-13-10(2)29-30-14(25-27-16(13)30)11-6-4-3-5-7-11/h3-7,29H,1-2H3,(H2,21,22,23,32,33). The maximum atomic E-state index is 11.7. The third-order valence-corrected chi connectivity index (χ3v) is 4.79. The molecule has 3 N–H and O–H groups in total. The number of benzene rings is 1. The molecule has 0 spiro atoms. The van der Waals surface area contributed by atoms with E-state index < -0.39 is 11.4 Å². The molecule has 0 atom stereocenters. The summed E-state index contributed by atoms with van der Waals surface area (Å²) in [6.07, 6.45) is 0. The van der Waals surface area contributed by atoms with E-state index in [1.165, 1.54) is 0 Å². The first kappa shape index (κ1) is 19.8. The molecule has 0 saturated heterocycles. The van der Waals surface area contributed by atoms with Crippen molar-refractivity contribution < 1.29 is 0 Å².